The summed E-state index contributed by atoms with van der Waals surface area (Å²) in [6, 6.07) is 9.79. The quantitative estimate of drug-likeness (QED) is 0.540. The summed E-state index contributed by atoms with van der Waals surface area (Å²) in [5.41, 5.74) is 0.560. The Morgan fingerprint density at radius 1 is 1.15 bits per heavy atom. The molecule has 1 heterocycles. The molecular weight excluding hydrogens is 275 g/mol. The highest BCUT2D eigenvalue weighted by Crippen LogP contribution is 2.10. The maximum absolute atomic E-state index is 12.7. The van der Waals surface area contributed by atoms with Gasteiger partial charge in [-0.1, -0.05) is 6.07 Å². The SMILES string of the molecule is O=C(CCCOCCc1cccs1)c1ccc(F)cc1. The molecule has 0 aliphatic heterocycles. The van der Waals surface area contributed by atoms with Crippen LogP contribution in [0.5, 0.6) is 0 Å². The number of thiophene rings is 1. The minimum absolute atomic E-state index is 0.0341. The molecule has 2 rings (SSSR count). The monoisotopic (exact) mass is 292 g/mol. The Morgan fingerprint density at radius 2 is 1.95 bits per heavy atom. The molecule has 2 nitrogen and oxygen atoms in total. The Hall–Kier alpha value is -1.52. The van der Waals surface area contributed by atoms with Crippen molar-refractivity contribution in [2.75, 3.05) is 13.2 Å². The molecule has 0 unspecified atom stereocenters. The van der Waals surface area contributed by atoms with Gasteiger partial charge >= 0.3 is 0 Å². The Kier molecular flexibility index (Phi) is 5.89. The highest BCUT2D eigenvalue weighted by atomic mass is 32.1. The molecule has 0 N–H and O–H groups in total. The highest BCUT2D eigenvalue weighted by Gasteiger charge is 2.05. The van der Waals surface area contributed by atoms with Crippen molar-refractivity contribution >= 4 is 17.1 Å². The molecule has 1 aromatic heterocycles. The summed E-state index contributed by atoms with van der Waals surface area (Å²) in [4.78, 5) is 13.1. The summed E-state index contributed by atoms with van der Waals surface area (Å²) in [6.07, 6.45) is 2.05. The standard InChI is InChI=1S/C16H17FO2S/c17-14-7-5-13(6-8-14)16(18)4-1-10-19-11-9-15-3-2-12-20-15/h2-3,5-8,12H,1,4,9-11H2. The number of ether oxygens (including phenoxy) is 1. The first-order chi connectivity index (χ1) is 9.75. The van der Waals surface area contributed by atoms with Gasteiger partial charge in [0.05, 0.1) is 6.61 Å². The van der Waals surface area contributed by atoms with E-state index in [1.165, 1.54) is 29.1 Å². The summed E-state index contributed by atoms with van der Waals surface area (Å²) < 4.78 is 18.2. The molecule has 0 bridgehead atoms. The zero-order valence-corrected chi connectivity index (χ0v) is 12.0. The Bertz CT molecular complexity index is 520. The summed E-state index contributed by atoms with van der Waals surface area (Å²) in [6.45, 7) is 1.27. The molecule has 0 aliphatic carbocycles. The van der Waals surface area contributed by atoms with Crippen molar-refractivity contribution in [2.45, 2.75) is 19.3 Å². The van der Waals surface area contributed by atoms with Crippen LogP contribution in [0.25, 0.3) is 0 Å². The smallest absolute Gasteiger partial charge is 0.162 e. The largest absolute Gasteiger partial charge is 0.381 e. The summed E-state index contributed by atoms with van der Waals surface area (Å²) in [7, 11) is 0. The van der Waals surface area contributed by atoms with Crippen LogP contribution in [0.2, 0.25) is 0 Å². The number of halogens is 1. The zero-order valence-electron chi connectivity index (χ0n) is 11.2. The van der Waals surface area contributed by atoms with Crippen molar-refractivity contribution in [3.63, 3.8) is 0 Å². The number of benzene rings is 1. The summed E-state index contributed by atoms with van der Waals surface area (Å²) in [5.74, 6) is -0.287. The molecule has 0 fully saturated rings. The molecule has 0 atom stereocenters. The fourth-order valence-corrected chi connectivity index (χ4v) is 2.53. The average molecular weight is 292 g/mol. The lowest BCUT2D eigenvalue weighted by atomic mass is 10.1. The summed E-state index contributed by atoms with van der Waals surface area (Å²) in [5, 5.41) is 2.05. The van der Waals surface area contributed by atoms with Gasteiger partial charge in [-0.15, -0.1) is 11.3 Å². The van der Waals surface area contributed by atoms with E-state index >= 15 is 0 Å². The van der Waals surface area contributed by atoms with Crippen LogP contribution in [0.1, 0.15) is 28.1 Å². The van der Waals surface area contributed by atoms with Crippen molar-refractivity contribution in [3.05, 3.63) is 58.0 Å². The molecular formula is C16H17FO2S. The van der Waals surface area contributed by atoms with E-state index in [1.54, 1.807) is 11.3 Å². The number of carbonyl (C=O) groups excluding carboxylic acids is 1. The molecule has 0 saturated carbocycles. The second-order valence-corrected chi connectivity index (χ2v) is 5.51. The first-order valence-corrected chi connectivity index (χ1v) is 7.52. The van der Waals surface area contributed by atoms with E-state index in [0.29, 0.717) is 31.6 Å². The normalized spacial score (nSPS) is 10.7. The van der Waals surface area contributed by atoms with E-state index in [1.807, 2.05) is 6.07 Å². The molecule has 4 heteroatoms. The number of Topliss-reactive ketones (excluding diaryl/α,β-unsaturated/α-hetero) is 1. The lowest BCUT2D eigenvalue weighted by Gasteiger charge is -2.03. The van der Waals surface area contributed by atoms with Gasteiger partial charge in [0.25, 0.3) is 0 Å². The number of carbonyl (C=O) groups is 1. The van der Waals surface area contributed by atoms with Crippen molar-refractivity contribution in [1.82, 2.24) is 0 Å². The number of ketones is 1. The molecule has 106 valence electrons. The molecule has 0 aliphatic rings. The van der Waals surface area contributed by atoms with E-state index in [4.69, 9.17) is 4.74 Å². The van der Waals surface area contributed by atoms with Crippen molar-refractivity contribution in [2.24, 2.45) is 0 Å². The van der Waals surface area contributed by atoms with Crippen LogP contribution in [0.3, 0.4) is 0 Å². The first kappa shape index (κ1) is 14.9. The fraction of sp³-hybridized carbons (Fsp3) is 0.312. The number of hydrogen-bond donors (Lipinski definition) is 0. The van der Waals surface area contributed by atoms with E-state index in [2.05, 4.69) is 11.4 Å². The van der Waals surface area contributed by atoms with E-state index in [-0.39, 0.29) is 11.6 Å². The average Bonchev–Trinajstić information content (AvgIpc) is 2.96. The van der Waals surface area contributed by atoms with Crippen LogP contribution in [0.15, 0.2) is 41.8 Å². The van der Waals surface area contributed by atoms with Gasteiger partial charge < -0.3 is 4.74 Å². The van der Waals surface area contributed by atoms with Crippen LogP contribution >= 0.6 is 11.3 Å². The molecule has 0 radical (unpaired) electrons. The van der Waals surface area contributed by atoms with E-state index in [0.717, 1.165) is 6.42 Å². The van der Waals surface area contributed by atoms with Crippen LogP contribution < -0.4 is 0 Å². The lowest BCUT2D eigenvalue weighted by molar-refractivity contribution is 0.0940. The maximum Gasteiger partial charge on any atom is 0.162 e. The van der Waals surface area contributed by atoms with Crippen molar-refractivity contribution in [3.8, 4) is 0 Å². The number of hydrogen-bond acceptors (Lipinski definition) is 3. The van der Waals surface area contributed by atoms with E-state index in [9.17, 15) is 9.18 Å². The third kappa shape index (κ3) is 4.87. The Morgan fingerprint density at radius 3 is 2.65 bits per heavy atom. The maximum atomic E-state index is 12.7. The van der Waals surface area contributed by atoms with Gasteiger partial charge in [-0.25, -0.2) is 4.39 Å². The fourth-order valence-electron chi connectivity index (χ4n) is 1.84. The van der Waals surface area contributed by atoms with E-state index < -0.39 is 0 Å². The Balaban J connectivity index is 1.58. The molecule has 0 saturated heterocycles. The second-order valence-electron chi connectivity index (χ2n) is 4.48. The molecule has 20 heavy (non-hydrogen) atoms. The predicted molar refractivity (Wildman–Crippen MR) is 78.8 cm³/mol. The van der Waals surface area contributed by atoms with Crippen LogP contribution in [0.4, 0.5) is 4.39 Å². The molecule has 0 amide bonds. The van der Waals surface area contributed by atoms with Crippen molar-refractivity contribution in [1.29, 1.82) is 0 Å². The number of rotatable bonds is 8. The first-order valence-electron chi connectivity index (χ1n) is 6.64. The lowest BCUT2D eigenvalue weighted by Crippen LogP contribution is -2.04. The van der Waals surface area contributed by atoms with Crippen LogP contribution in [-0.4, -0.2) is 19.0 Å². The Labute approximate surface area is 122 Å². The van der Waals surface area contributed by atoms with Gasteiger partial charge in [0.2, 0.25) is 0 Å². The minimum Gasteiger partial charge on any atom is -0.381 e. The van der Waals surface area contributed by atoms with Gasteiger partial charge in [0, 0.05) is 29.9 Å². The minimum atomic E-state index is -0.321. The molecule has 0 spiro atoms. The van der Waals surface area contributed by atoms with Gasteiger partial charge in [0.15, 0.2) is 5.78 Å². The second kappa shape index (κ2) is 7.92. The van der Waals surface area contributed by atoms with Crippen LogP contribution in [0, 0.1) is 5.82 Å². The van der Waals surface area contributed by atoms with Gasteiger partial charge in [-0.2, -0.15) is 0 Å². The summed E-state index contributed by atoms with van der Waals surface area (Å²) >= 11 is 1.73. The molecule has 1 aromatic carbocycles. The predicted octanol–water partition coefficient (Wildman–Crippen LogP) is 4.11. The highest BCUT2D eigenvalue weighted by molar-refractivity contribution is 7.09. The van der Waals surface area contributed by atoms with Gasteiger partial charge in [-0.05, 0) is 42.1 Å². The van der Waals surface area contributed by atoms with Gasteiger partial charge in [0.1, 0.15) is 5.82 Å². The third-order valence-corrected chi connectivity index (χ3v) is 3.87. The van der Waals surface area contributed by atoms with Gasteiger partial charge in [-0.3, -0.25) is 4.79 Å². The molecule has 2 aromatic rings. The van der Waals surface area contributed by atoms with Crippen molar-refractivity contribution < 1.29 is 13.9 Å². The third-order valence-electron chi connectivity index (χ3n) is 2.93. The topological polar surface area (TPSA) is 26.3 Å². The zero-order chi connectivity index (χ0) is 14.2. The van der Waals surface area contributed by atoms with Crippen LogP contribution in [-0.2, 0) is 11.2 Å².